The molecule has 29 heavy (non-hydrogen) atoms. The normalized spacial score (nSPS) is 15.3. The third kappa shape index (κ3) is 2.78. The zero-order valence-corrected chi connectivity index (χ0v) is 16.4. The van der Waals surface area contributed by atoms with Gasteiger partial charge in [0, 0.05) is 40.5 Å². The van der Waals surface area contributed by atoms with Gasteiger partial charge in [-0.05, 0) is 34.9 Å². The average Bonchev–Trinajstić information content (AvgIpc) is 2.71. The van der Waals surface area contributed by atoms with Crippen molar-refractivity contribution in [2.45, 2.75) is 26.7 Å². The highest BCUT2D eigenvalue weighted by Crippen LogP contribution is 2.43. The van der Waals surface area contributed by atoms with E-state index in [1.165, 1.54) is 0 Å². The molecule has 4 heteroatoms. The van der Waals surface area contributed by atoms with Gasteiger partial charge in [0.05, 0.1) is 11.2 Å². The lowest BCUT2D eigenvalue weighted by atomic mass is 9.73. The summed E-state index contributed by atoms with van der Waals surface area (Å²) in [6.07, 6.45) is 1.28. The molecular weight excluding hydrogens is 358 g/mol. The maximum Gasteiger partial charge on any atom is 0.385 e. The van der Waals surface area contributed by atoms with Crippen molar-refractivity contribution < 1.29 is 4.79 Å². The van der Waals surface area contributed by atoms with Crippen molar-refractivity contribution in [3.05, 3.63) is 76.9 Å². The molecule has 0 aliphatic heterocycles. The second-order valence-electron chi connectivity index (χ2n) is 8.58. The van der Waals surface area contributed by atoms with E-state index in [4.69, 9.17) is 10.4 Å². The smallest absolute Gasteiger partial charge is 0.294 e. The molecule has 0 saturated carbocycles. The van der Waals surface area contributed by atoms with Crippen LogP contribution in [0.3, 0.4) is 0 Å². The van der Waals surface area contributed by atoms with Crippen LogP contribution >= 0.6 is 0 Å². The minimum absolute atomic E-state index is 0.105. The third-order valence-corrected chi connectivity index (χ3v) is 5.79. The topological polar surface area (TPSA) is 58.1 Å². The second kappa shape index (κ2) is 6.22. The van der Waals surface area contributed by atoms with E-state index in [1.807, 2.05) is 24.3 Å². The molecule has 1 heterocycles. The molecule has 0 radical (unpaired) electrons. The van der Waals surface area contributed by atoms with Crippen LogP contribution in [0.1, 0.15) is 36.3 Å². The molecule has 0 spiro atoms. The molecule has 0 bridgehead atoms. The molecule has 1 aliphatic carbocycles. The van der Waals surface area contributed by atoms with Crippen LogP contribution in [0.2, 0.25) is 0 Å². The summed E-state index contributed by atoms with van der Waals surface area (Å²) in [5.41, 5.74) is 4.79. The summed E-state index contributed by atoms with van der Waals surface area (Å²) < 4.78 is 0. The van der Waals surface area contributed by atoms with Crippen molar-refractivity contribution in [3.63, 3.8) is 0 Å². The molecule has 3 aromatic carbocycles. The fourth-order valence-corrected chi connectivity index (χ4v) is 4.51. The number of pyridine rings is 1. The van der Waals surface area contributed by atoms with Crippen LogP contribution in [-0.2, 0) is 6.42 Å². The Morgan fingerprint density at radius 3 is 2.41 bits per heavy atom. The first kappa shape index (κ1) is 17.5. The first-order valence-corrected chi connectivity index (χ1v) is 9.80. The summed E-state index contributed by atoms with van der Waals surface area (Å²) >= 11 is 0. The first-order valence-electron chi connectivity index (χ1n) is 9.80. The van der Waals surface area contributed by atoms with Crippen molar-refractivity contribution in [1.29, 1.82) is 5.39 Å². The van der Waals surface area contributed by atoms with Gasteiger partial charge < -0.3 is 0 Å². The fourth-order valence-electron chi connectivity index (χ4n) is 4.51. The summed E-state index contributed by atoms with van der Waals surface area (Å²) in [6, 6.07) is 19.7. The highest BCUT2D eigenvalue weighted by Gasteiger charge is 2.35. The number of hydrogen-bond acceptors (Lipinski definition) is 3. The van der Waals surface area contributed by atoms with Gasteiger partial charge in [0.25, 0.3) is 0 Å². The maximum atomic E-state index is 13.2. The van der Waals surface area contributed by atoms with Gasteiger partial charge in [0.1, 0.15) is 0 Å². The molecular formula is C25H20N3O+. The lowest BCUT2D eigenvalue weighted by Gasteiger charge is -2.31. The zero-order valence-electron chi connectivity index (χ0n) is 16.4. The van der Waals surface area contributed by atoms with E-state index in [0.717, 1.165) is 50.5 Å². The van der Waals surface area contributed by atoms with E-state index in [-0.39, 0.29) is 11.2 Å². The van der Waals surface area contributed by atoms with E-state index in [9.17, 15) is 4.79 Å². The lowest BCUT2D eigenvalue weighted by molar-refractivity contribution is 0.0911. The first-order chi connectivity index (χ1) is 14.0. The van der Waals surface area contributed by atoms with Gasteiger partial charge >= 0.3 is 5.69 Å². The molecule has 4 nitrogen and oxygen atoms in total. The minimum Gasteiger partial charge on any atom is -0.294 e. The number of fused-ring (bicyclic) bond motifs is 4. The summed E-state index contributed by atoms with van der Waals surface area (Å²) in [7, 11) is 0. The second-order valence-corrected chi connectivity index (χ2v) is 8.58. The average molecular weight is 378 g/mol. The summed E-state index contributed by atoms with van der Waals surface area (Å²) in [6.45, 7) is 4.25. The summed E-state index contributed by atoms with van der Waals surface area (Å²) in [4.78, 5) is 21.5. The Labute approximate surface area is 168 Å². The maximum absolute atomic E-state index is 13.2. The van der Waals surface area contributed by atoms with Crippen LogP contribution in [0, 0.1) is 10.8 Å². The SMILES string of the molecule is CC1(C)CC(=O)c2c(nc3c(ccc4ccccc43)c2-c2ccc([N+]#N)cc2)C1. The minimum atomic E-state index is -0.105. The number of nitrogens with zero attached hydrogens (tertiary/aromatic N) is 3. The van der Waals surface area contributed by atoms with Gasteiger partial charge in [-0.25, -0.2) is 0 Å². The molecule has 5 rings (SSSR count). The van der Waals surface area contributed by atoms with E-state index in [1.54, 1.807) is 12.1 Å². The Hall–Kier alpha value is -3.58. The Balaban J connectivity index is 1.92. The van der Waals surface area contributed by atoms with Crippen molar-refractivity contribution in [3.8, 4) is 11.1 Å². The molecule has 1 aromatic heterocycles. The molecule has 0 unspecified atom stereocenters. The van der Waals surface area contributed by atoms with Crippen LogP contribution in [-0.4, -0.2) is 10.8 Å². The van der Waals surface area contributed by atoms with E-state index in [2.05, 4.69) is 43.1 Å². The van der Waals surface area contributed by atoms with Crippen LogP contribution in [0.25, 0.3) is 37.8 Å². The van der Waals surface area contributed by atoms with Crippen molar-refractivity contribution >= 4 is 33.1 Å². The molecule has 4 aromatic rings. The predicted octanol–water partition coefficient (Wildman–Crippen LogP) is 6.69. The van der Waals surface area contributed by atoms with Crippen LogP contribution in [0.5, 0.6) is 0 Å². The van der Waals surface area contributed by atoms with Crippen LogP contribution in [0.4, 0.5) is 5.69 Å². The van der Waals surface area contributed by atoms with Crippen LogP contribution < -0.4 is 0 Å². The Morgan fingerprint density at radius 2 is 1.66 bits per heavy atom. The molecule has 0 saturated heterocycles. The standard InChI is InChI=1S/C25H20N3O/c1-25(2)13-20-23(21(29)14-25)22(16-7-10-17(28-26)11-8-16)19-12-9-15-5-3-4-6-18(15)24(19)27-20/h3-12H,13-14H2,1-2H3/q+1. The van der Waals surface area contributed by atoms with Crippen molar-refractivity contribution in [1.82, 2.24) is 4.98 Å². The molecule has 0 atom stereocenters. The van der Waals surface area contributed by atoms with E-state index < -0.39 is 0 Å². The Kier molecular flexibility index (Phi) is 3.75. The number of ketones is 1. The number of carbonyl (C=O) groups is 1. The molecule has 0 amide bonds. The van der Waals surface area contributed by atoms with Gasteiger partial charge in [-0.1, -0.05) is 50.2 Å². The van der Waals surface area contributed by atoms with E-state index >= 15 is 0 Å². The predicted molar refractivity (Wildman–Crippen MR) is 116 cm³/mol. The van der Waals surface area contributed by atoms with E-state index in [0.29, 0.717) is 12.1 Å². The van der Waals surface area contributed by atoms with Gasteiger partial charge in [-0.2, -0.15) is 0 Å². The van der Waals surface area contributed by atoms with Crippen molar-refractivity contribution in [2.75, 3.05) is 0 Å². The highest BCUT2D eigenvalue weighted by molar-refractivity contribution is 6.16. The quantitative estimate of drug-likeness (QED) is 0.274. The zero-order chi connectivity index (χ0) is 20.2. The largest absolute Gasteiger partial charge is 0.385 e. The number of diazo groups is 1. The summed E-state index contributed by atoms with van der Waals surface area (Å²) in [5.74, 6) is 0.143. The Morgan fingerprint density at radius 1 is 0.897 bits per heavy atom. The monoisotopic (exact) mass is 378 g/mol. The highest BCUT2D eigenvalue weighted by atomic mass is 16.1. The van der Waals surface area contributed by atoms with Gasteiger partial charge in [-0.15, -0.1) is 0 Å². The third-order valence-electron chi connectivity index (χ3n) is 5.79. The number of benzene rings is 3. The Bertz CT molecular complexity index is 1340. The molecule has 140 valence electrons. The van der Waals surface area contributed by atoms with Gasteiger partial charge in [0.2, 0.25) is 5.39 Å². The molecule has 0 N–H and O–H groups in total. The van der Waals surface area contributed by atoms with Crippen molar-refractivity contribution in [2.24, 2.45) is 5.41 Å². The number of rotatable bonds is 1. The van der Waals surface area contributed by atoms with Gasteiger partial charge in [-0.3, -0.25) is 9.78 Å². The fraction of sp³-hybridized carbons (Fsp3) is 0.200. The van der Waals surface area contributed by atoms with Gasteiger partial charge in [0.15, 0.2) is 10.8 Å². The number of Topliss-reactive ketones (excluding diaryl/α,β-unsaturated/α-hetero) is 1. The molecule has 1 aliphatic rings. The van der Waals surface area contributed by atoms with Crippen LogP contribution in [0.15, 0.2) is 60.7 Å². The lowest BCUT2D eigenvalue weighted by Crippen LogP contribution is -2.28. The molecule has 0 fully saturated rings. The number of aromatic nitrogens is 1. The summed E-state index contributed by atoms with van der Waals surface area (Å²) in [5, 5.41) is 12.2. The number of hydrogen-bond donors (Lipinski definition) is 0. The number of carbonyl (C=O) groups excluding carboxylic acids is 1.